The number of nitrogens with two attached hydrogens (primary N) is 2. The predicted molar refractivity (Wildman–Crippen MR) is 109 cm³/mol. The number of benzene rings is 2. The van der Waals surface area contributed by atoms with Gasteiger partial charge < -0.3 is 16.8 Å². The van der Waals surface area contributed by atoms with Crippen molar-refractivity contribution in [2.24, 2.45) is 0 Å². The maximum Gasteiger partial charge on any atom is 0.222 e. The lowest BCUT2D eigenvalue weighted by molar-refractivity contribution is 0.462. The van der Waals surface area contributed by atoms with E-state index in [9.17, 15) is 0 Å². The smallest absolute Gasteiger partial charge is 0.222 e. The van der Waals surface area contributed by atoms with E-state index in [0.29, 0.717) is 12.0 Å². The van der Waals surface area contributed by atoms with Gasteiger partial charge in [-0.15, -0.1) is 0 Å². The Labute approximate surface area is 153 Å². The molecule has 5 N–H and O–H groups in total. The molecule has 134 valence electrons. The van der Waals surface area contributed by atoms with Gasteiger partial charge in [-0.05, 0) is 60.7 Å². The molecule has 26 heavy (non-hydrogen) atoms. The molecule has 0 atom stereocenters. The molecule has 0 amide bonds. The number of nitrogens with zero attached hydrogens (tertiary/aromatic N) is 2. The molecule has 0 bridgehead atoms. The Hall–Kier alpha value is -2.82. The monoisotopic (exact) mass is 347 g/mol. The van der Waals surface area contributed by atoms with Crippen molar-refractivity contribution in [2.45, 2.75) is 45.1 Å². The van der Waals surface area contributed by atoms with E-state index < -0.39 is 0 Å². The Bertz CT molecular complexity index is 945. The zero-order valence-corrected chi connectivity index (χ0v) is 15.1. The molecule has 4 rings (SSSR count). The minimum absolute atomic E-state index is 0.309. The predicted octanol–water partition coefficient (Wildman–Crippen LogP) is 4.51. The van der Waals surface area contributed by atoms with Crippen LogP contribution >= 0.6 is 0 Å². The zero-order valence-electron chi connectivity index (χ0n) is 15.1. The zero-order chi connectivity index (χ0) is 18.1. The van der Waals surface area contributed by atoms with Crippen molar-refractivity contribution in [1.82, 2.24) is 9.97 Å². The van der Waals surface area contributed by atoms with Crippen LogP contribution < -0.4 is 16.8 Å². The van der Waals surface area contributed by atoms with Crippen LogP contribution in [0.5, 0.6) is 0 Å². The third kappa shape index (κ3) is 3.29. The number of rotatable bonds is 3. The molecule has 2 aromatic carbocycles. The lowest BCUT2D eigenvalue weighted by atomic mass is 9.95. The van der Waals surface area contributed by atoms with Crippen LogP contribution in [0.3, 0.4) is 0 Å². The van der Waals surface area contributed by atoms with Crippen molar-refractivity contribution in [1.29, 1.82) is 0 Å². The fraction of sp³-hybridized carbons (Fsp3) is 0.333. The highest BCUT2D eigenvalue weighted by molar-refractivity contribution is 5.94. The van der Waals surface area contributed by atoms with Gasteiger partial charge in [0, 0.05) is 17.1 Å². The summed E-state index contributed by atoms with van der Waals surface area (Å²) in [6.07, 6.45) is 6.22. The van der Waals surface area contributed by atoms with Gasteiger partial charge in [0.15, 0.2) is 0 Å². The van der Waals surface area contributed by atoms with Gasteiger partial charge >= 0.3 is 0 Å². The Morgan fingerprint density at radius 2 is 1.77 bits per heavy atom. The number of nitrogens with one attached hydrogen (secondary N) is 1. The molecule has 1 fully saturated rings. The van der Waals surface area contributed by atoms with E-state index in [0.717, 1.165) is 33.5 Å². The second kappa shape index (κ2) is 6.83. The molecule has 1 heterocycles. The first kappa shape index (κ1) is 16.6. The van der Waals surface area contributed by atoms with E-state index in [-0.39, 0.29) is 0 Å². The van der Waals surface area contributed by atoms with Gasteiger partial charge in [0.05, 0.1) is 5.52 Å². The van der Waals surface area contributed by atoms with Crippen LogP contribution in [0.25, 0.3) is 22.0 Å². The fourth-order valence-corrected chi connectivity index (χ4v) is 3.81. The molecule has 1 aliphatic rings. The van der Waals surface area contributed by atoms with Crippen molar-refractivity contribution in [3.8, 4) is 11.1 Å². The first-order chi connectivity index (χ1) is 12.6. The van der Waals surface area contributed by atoms with Crippen LogP contribution in [0.1, 0.15) is 37.7 Å². The molecule has 0 spiro atoms. The topological polar surface area (TPSA) is 89.8 Å². The van der Waals surface area contributed by atoms with Gasteiger partial charge in [-0.3, -0.25) is 0 Å². The molecular formula is C21H25N5. The highest BCUT2D eigenvalue weighted by atomic mass is 15.1. The minimum atomic E-state index is 0.309. The molecule has 1 saturated carbocycles. The summed E-state index contributed by atoms with van der Waals surface area (Å²) in [7, 11) is 0. The Kier molecular flexibility index (Phi) is 4.37. The first-order valence-electron chi connectivity index (χ1n) is 9.30. The van der Waals surface area contributed by atoms with Crippen molar-refractivity contribution >= 4 is 28.4 Å². The van der Waals surface area contributed by atoms with Gasteiger partial charge in [0.2, 0.25) is 5.95 Å². The molecule has 0 unspecified atom stereocenters. The minimum Gasteiger partial charge on any atom is -0.399 e. The molecule has 1 aromatic heterocycles. The number of anilines is 3. The van der Waals surface area contributed by atoms with Gasteiger partial charge in [-0.1, -0.05) is 31.4 Å². The highest BCUT2D eigenvalue weighted by Gasteiger charge is 2.16. The van der Waals surface area contributed by atoms with Crippen LogP contribution in [-0.4, -0.2) is 16.0 Å². The average Bonchev–Trinajstić information content (AvgIpc) is 2.64. The molecule has 3 aromatic rings. The van der Waals surface area contributed by atoms with E-state index >= 15 is 0 Å². The van der Waals surface area contributed by atoms with Gasteiger partial charge in [0.1, 0.15) is 5.82 Å². The number of nitrogen functional groups attached to an aromatic ring is 2. The summed E-state index contributed by atoms with van der Waals surface area (Å²) >= 11 is 0. The summed E-state index contributed by atoms with van der Waals surface area (Å²) in [5.74, 6) is 1.14. The highest BCUT2D eigenvalue weighted by Crippen LogP contribution is 2.32. The Morgan fingerprint density at radius 3 is 2.58 bits per heavy atom. The largest absolute Gasteiger partial charge is 0.399 e. The van der Waals surface area contributed by atoms with Crippen molar-refractivity contribution < 1.29 is 0 Å². The maximum absolute atomic E-state index is 6.00. The quantitative estimate of drug-likeness (QED) is 0.606. The molecule has 0 aliphatic heterocycles. The van der Waals surface area contributed by atoms with Crippen molar-refractivity contribution in [2.75, 3.05) is 16.8 Å². The lowest BCUT2D eigenvalue weighted by Crippen LogP contribution is -2.23. The first-order valence-corrected chi connectivity index (χ1v) is 9.30. The van der Waals surface area contributed by atoms with Crippen LogP contribution in [-0.2, 0) is 0 Å². The number of aromatic nitrogens is 2. The second-order valence-corrected chi connectivity index (χ2v) is 7.22. The average molecular weight is 347 g/mol. The standard InChI is InChI=1S/C21H25N5/c1-13-7-9-15(22)12-17(13)14-8-10-19-18(11-14)20(26-21(23)25-19)24-16-5-3-2-4-6-16/h7-12,16H,2-6,22H2,1H3,(H3,23,24,25,26). The molecule has 1 aliphatic carbocycles. The lowest BCUT2D eigenvalue weighted by Gasteiger charge is -2.24. The normalized spacial score (nSPS) is 15.3. The summed E-state index contributed by atoms with van der Waals surface area (Å²) in [5, 5.41) is 4.62. The molecule has 5 nitrogen and oxygen atoms in total. The third-order valence-corrected chi connectivity index (χ3v) is 5.23. The van der Waals surface area contributed by atoms with E-state index in [1.54, 1.807) is 0 Å². The Balaban J connectivity index is 1.79. The fourth-order valence-electron chi connectivity index (χ4n) is 3.81. The number of fused-ring (bicyclic) bond motifs is 1. The van der Waals surface area contributed by atoms with Crippen LogP contribution in [0.15, 0.2) is 36.4 Å². The van der Waals surface area contributed by atoms with E-state index in [1.165, 1.54) is 37.7 Å². The van der Waals surface area contributed by atoms with E-state index in [1.807, 2.05) is 18.2 Å². The number of hydrogen-bond acceptors (Lipinski definition) is 5. The van der Waals surface area contributed by atoms with Gasteiger partial charge in [0.25, 0.3) is 0 Å². The van der Waals surface area contributed by atoms with Crippen molar-refractivity contribution in [3.63, 3.8) is 0 Å². The summed E-state index contributed by atoms with van der Waals surface area (Å²) in [4.78, 5) is 8.91. The number of hydrogen-bond donors (Lipinski definition) is 3. The molecule has 0 saturated heterocycles. The maximum atomic E-state index is 6.00. The molecule has 0 radical (unpaired) electrons. The van der Waals surface area contributed by atoms with Gasteiger partial charge in [-0.25, -0.2) is 4.98 Å². The van der Waals surface area contributed by atoms with Gasteiger partial charge in [-0.2, -0.15) is 4.98 Å². The molecular weight excluding hydrogens is 322 g/mol. The molecule has 5 heteroatoms. The van der Waals surface area contributed by atoms with Crippen molar-refractivity contribution in [3.05, 3.63) is 42.0 Å². The summed E-state index contributed by atoms with van der Waals surface area (Å²) in [6, 6.07) is 12.7. The summed E-state index contributed by atoms with van der Waals surface area (Å²) < 4.78 is 0. The van der Waals surface area contributed by atoms with E-state index in [4.69, 9.17) is 11.5 Å². The number of aryl methyl sites for hydroxylation is 1. The summed E-state index contributed by atoms with van der Waals surface area (Å²) in [5.41, 5.74) is 17.0. The van der Waals surface area contributed by atoms with Crippen LogP contribution in [0.2, 0.25) is 0 Å². The summed E-state index contributed by atoms with van der Waals surface area (Å²) in [6.45, 7) is 2.10. The van der Waals surface area contributed by atoms with Crippen LogP contribution in [0.4, 0.5) is 17.5 Å². The second-order valence-electron chi connectivity index (χ2n) is 7.22. The van der Waals surface area contributed by atoms with E-state index in [2.05, 4.69) is 40.4 Å². The third-order valence-electron chi connectivity index (χ3n) is 5.23. The van der Waals surface area contributed by atoms with Crippen LogP contribution in [0, 0.1) is 6.92 Å². The SMILES string of the molecule is Cc1ccc(N)cc1-c1ccc2nc(N)nc(NC3CCCCC3)c2c1. The Morgan fingerprint density at radius 1 is 0.962 bits per heavy atom.